The zero-order chi connectivity index (χ0) is 15.1. The quantitative estimate of drug-likeness (QED) is 0.458. The van der Waals surface area contributed by atoms with Gasteiger partial charge in [0.15, 0.2) is 0 Å². The van der Waals surface area contributed by atoms with Gasteiger partial charge in [0.25, 0.3) is 5.69 Å². The molecule has 21 heavy (non-hydrogen) atoms. The van der Waals surface area contributed by atoms with E-state index in [0.29, 0.717) is 18.9 Å². The van der Waals surface area contributed by atoms with Crippen molar-refractivity contribution in [1.29, 1.82) is 0 Å². The van der Waals surface area contributed by atoms with Crippen LogP contribution in [0.5, 0.6) is 5.75 Å². The molecule has 0 saturated heterocycles. The number of nitro benzene ring substituents is 1. The van der Waals surface area contributed by atoms with Crippen LogP contribution in [0.15, 0.2) is 35.0 Å². The smallest absolute Gasteiger partial charge is 0.270 e. The Morgan fingerprint density at radius 2 is 2.24 bits per heavy atom. The van der Waals surface area contributed by atoms with Crippen molar-refractivity contribution < 1.29 is 9.66 Å². The maximum absolute atomic E-state index is 10.9. The van der Waals surface area contributed by atoms with Crippen LogP contribution in [-0.4, -0.2) is 11.5 Å². The molecule has 0 saturated carbocycles. The van der Waals surface area contributed by atoms with Gasteiger partial charge < -0.3 is 10.1 Å². The fourth-order valence-electron chi connectivity index (χ4n) is 1.89. The first kappa shape index (κ1) is 15.5. The van der Waals surface area contributed by atoms with Crippen LogP contribution in [0.25, 0.3) is 0 Å². The molecule has 1 heterocycles. The summed E-state index contributed by atoms with van der Waals surface area (Å²) in [7, 11) is 0. The molecule has 0 bridgehead atoms. The van der Waals surface area contributed by atoms with Crippen LogP contribution < -0.4 is 10.1 Å². The number of nitrogens with zero attached hydrogens (tertiary/aromatic N) is 1. The predicted molar refractivity (Wildman–Crippen MR) is 83.7 cm³/mol. The van der Waals surface area contributed by atoms with Crippen molar-refractivity contribution in [2.45, 2.75) is 26.5 Å². The average Bonchev–Trinajstić information content (AvgIpc) is 2.99. The highest BCUT2D eigenvalue weighted by Gasteiger charge is 2.11. The second kappa shape index (κ2) is 7.75. The fraction of sp³-hybridized carbons (Fsp3) is 0.333. The zero-order valence-electron chi connectivity index (χ0n) is 11.9. The Labute approximate surface area is 127 Å². The number of hydrogen-bond donors (Lipinski definition) is 1. The summed E-state index contributed by atoms with van der Waals surface area (Å²) in [6.07, 6.45) is 1.01. The van der Waals surface area contributed by atoms with Gasteiger partial charge in [0, 0.05) is 24.2 Å². The van der Waals surface area contributed by atoms with Crippen molar-refractivity contribution in [3.63, 3.8) is 0 Å². The molecule has 1 aromatic carbocycles. The minimum absolute atomic E-state index is 0.0891. The van der Waals surface area contributed by atoms with E-state index in [0.717, 1.165) is 24.1 Å². The van der Waals surface area contributed by atoms with E-state index in [4.69, 9.17) is 4.74 Å². The molecule has 0 spiro atoms. The van der Waals surface area contributed by atoms with Gasteiger partial charge in [0.2, 0.25) is 0 Å². The zero-order valence-corrected chi connectivity index (χ0v) is 12.7. The second-order valence-corrected chi connectivity index (χ2v) is 5.43. The third kappa shape index (κ3) is 4.54. The number of non-ortho nitro benzene ring substituents is 1. The molecular weight excluding hydrogens is 288 g/mol. The molecule has 0 atom stereocenters. The first-order valence-electron chi connectivity index (χ1n) is 6.82. The topological polar surface area (TPSA) is 64.4 Å². The number of nitro groups is 1. The lowest BCUT2D eigenvalue weighted by Crippen LogP contribution is -2.15. The fourth-order valence-corrected chi connectivity index (χ4v) is 2.55. The molecular formula is C15H18N2O3S. The van der Waals surface area contributed by atoms with E-state index in [1.807, 2.05) is 16.8 Å². The molecule has 0 radical (unpaired) electrons. The SMILES string of the molecule is CCCNCc1cc([N+](=O)[O-])ccc1OCc1ccsc1. The van der Waals surface area contributed by atoms with Gasteiger partial charge in [-0.1, -0.05) is 6.92 Å². The Balaban J connectivity index is 2.11. The third-order valence-corrected chi connectivity index (χ3v) is 3.70. The summed E-state index contributed by atoms with van der Waals surface area (Å²) >= 11 is 1.62. The van der Waals surface area contributed by atoms with Crippen molar-refractivity contribution in [2.24, 2.45) is 0 Å². The van der Waals surface area contributed by atoms with E-state index in [1.54, 1.807) is 23.5 Å². The highest BCUT2D eigenvalue weighted by Crippen LogP contribution is 2.25. The summed E-state index contributed by atoms with van der Waals surface area (Å²) in [5, 5.41) is 18.2. The second-order valence-electron chi connectivity index (χ2n) is 4.65. The van der Waals surface area contributed by atoms with Crippen molar-refractivity contribution in [2.75, 3.05) is 6.54 Å². The van der Waals surface area contributed by atoms with Crippen LogP contribution in [0.3, 0.4) is 0 Å². The molecule has 6 heteroatoms. The van der Waals surface area contributed by atoms with Crippen molar-refractivity contribution in [1.82, 2.24) is 5.32 Å². The van der Waals surface area contributed by atoms with Gasteiger partial charge in [-0.05, 0) is 41.4 Å². The number of hydrogen-bond acceptors (Lipinski definition) is 5. The van der Waals surface area contributed by atoms with Gasteiger partial charge in [0.05, 0.1) is 4.92 Å². The van der Waals surface area contributed by atoms with Crippen LogP contribution in [0, 0.1) is 10.1 Å². The Hall–Kier alpha value is -1.92. The average molecular weight is 306 g/mol. The molecule has 112 valence electrons. The number of rotatable bonds is 8. The van der Waals surface area contributed by atoms with Crippen molar-refractivity contribution >= 4 is 17.0 Å². The Bertz CT molecular complexity index is 585. The maximum atomic E-state index is 10.9. The minimum atomic E-state index is -0.383. The summed E-state index contributed by atoms with van der Waals surface area (Å²) in [5.41, 5.74) is 2.00. The van der Waals surface area contributed by atoms with Crippen LogP contribution in [0.2, 0.25) is 0 Å². The number of nitrogens with one attached hydrogen (secondary N) is 1. The van der Waals surface area contributed by atoms with Gasteiger partial charge in [0.1, 0.15) is 12.4 Å². The highest BCUT2D eigenvalue weighted by atomic mass is 32.1. The lowest BCUT2D eigenvalue weighted by molar-refractivity contribution is -0.384. The summed E-state index contributed by atoms with van der Waals surface area (Å²) in [6.45, 7) is 3.98. The summed E-state index contributed by atoms with van der Waals surface area (Å²) in [5.74, 6) is 0.690. The molecule has 0 amide bonds. The lowest BCUT2D eigenvalue weighted by Gasteiger charge is -2.11. The highest BCUT2D eigenvalue weighted by molar-refractivity contribution is 7.07. The number of ether oxygens (including phenoxy) is 1. The van der Waals surface area contributed by atoms with Gasteiger partial charge in [-0.15, -0.1) is 0 Å². The number of thiophene rings is 1. The predicted octanol–water partition coefficient (Wildman–Crippen LogP) is 3.73. The van der Waals surface area contributed by atoms with Crippen molar-refractivity contribution in [3.05, 3.63) is 56.3 Å². The van der Waals surface area contributed by atoms with Gasteiger partial charge in [-0.3, -0.25) is 10.1 Å². The Morgan fingerprint density at radius 3 is 2.90 bits per heavy atom. The van der Waals surface area contributed by atoms with Gasteiger partial charge in [-0.2, -0.15) is 11.3 Å². The van der Waals surface area contributed by atoms with E-state index in [-0.39, 0.29) is 10.6 Å². The molecule has 1 N–H and O–H groups in total. The maximum Gasteiger partial charge on any atom is 0.270 e. The molecule has 2 rings (SSSR count). The summed E-state index contributed by atoms with van der Waals surface area (Å²) < 4.78 is 5.79. The molecule has 5 nitrogen and oxygen atoms in total. The van der Waals surface area contributed by atoms with Crippen LogP contribution in [-0.2, 0) is 13.2 Å². The van der Waals surface area contributed by atoms with E-state index in [2.05, 4.69) is 12.2 Å². The molecule has 0 aliphatic rings. The van der Waals surface area contributed by atoms with Crippen LogP contribution >= 0.6 is 11.3 Å². The Morgan fingerprint density at radius 1 is 1.38 bits per heavy atom. The van der Waals surface area contributed by atoms with E-state index in [9.17, 15) is 10.1 Å². The molecule has 2 aromatic rings. The first-order chi connectivity index (χ1) is 10.2. The number of benzene rings is 1. The largest absolute Gasteiger partial charge is 0.489 e. The van der Waals surface area contributed by atoms with Crippen LogP contribution in [0.4, 0.5) is 5.69 Å². The standard InChI is InChI=1S/C15H18N2O3S/c1-2-6-16-9-13-8-14(17(18)19)3-4-15(13)20-10-12-5-7-21-11-12/h3-5,7-8,11,16H,2,6,9-10H2,1H3. The monoisotopic (exact) mass is 306 g/mol. The third-order valence-electron chi connectivity index (χ3n) is 2.97. The molecule has 0 aliphatic heterocycles. The summed E-state index contributed by atoms with van der Waals surface area (Å²) in [6, 6.07) is 6.73. The Kier molecular flexibility index (Phi) is 5.71. The van der Waals surface area contributed by atoms with Gasteiger partial charge >= 0.3 is 0 Å². The van der Waals surface area contributed by atoms with Crippen LogP contribution in [0.1, 0.15) is 24.5 Å². The summed E-state index contributed by atoms with van der Waals surface area (Å²) in [4.78, 5) is 10.5. The van der Waals surface area contributed by atoms with E-state index >= 15 is 0 Å². The van der Waals surface area contributed by atoms with E-state index < -0.39 is 0 Å². The lowest BCUT2D eigenvalue weighted by atomic mass is 10.1. The first-order valence-corrected chi connectivity index (χ1v) is 7.77. The van der Waals surface area contributed by atoms with Gasteiger partial charge in [-0.25, -0.2) is 0 Å². The molecule has 0 aliphatic carbocycles. The normalized spacial score (nSPS) is 10.5. The molecule has 0 fully saturated rings. The van der Waals surface area contributed by atoms with Crippen molar-refractivity contribution in [3.8, 4) is 5.75 Å². The molecule has 1 aromatic heterocycles. The van der Waals surface area contributed by atoms with E-state index in [1.165, 1.54) is 6.07 Å². The minimum Gasteiger partial charge on any atom is -0.489 e. The molecule has 0 unspecified atom stereocenters.